The molecule has 0 aromatic heterocycles. The third-order valence-corrected chi connectivity index (χ3v) is 4.64. The lowest BCUT2D eigenvalue weighted by Gasteiger charge is -2.06. The number of rotatable bonds is 6. The molecule has 6 heteroatoms. The van der Waals surface area contributed by atoms with Gasteiger partial charge in [0.2, 0.25) is 0 Å². The van der Waals surface area contributed by atoms with Crippen LogP contribution in [0.5, 0.6) is 0 Å². The highest BCUT2D eigenvalue weighted by atomic mass is 16.7. The quantitative estimate of drug-likeness (QED) is 0.319. The number of nitrogens with zero attached hydrogens (tertiary/aromatic N) is 2. The first-order chi connectivity index (χ1) is 15.2. The van der Waals surface area contributed by atoms with E-state index in [9.17, 15) is 9.59 Å². The summed E-state index contributed by atoms with van der Waals surface area (Å²) in [5.74, 6) is -0.807. The first kappa shape index (κ1) is 20.0. The van der Waals surface area contributed by atoms with Gasteiger partial charge in [-0.15, -0.1) is 10.2 Å². The van der Waals surface area contributed by atoms with Crippen LogP contribution in [0.15, 0.2) is 107 Å². The van der Waals surface area contributed by atoms with E-state index >= 15 is 0 Å². The molecule has 0 unspecified atom stereocenters. The van der Waals surface area contributed by atoms with E-state index in [2.05, 4.69) is 15.7 Å². The van der Waals surface area contributed by atoms with E-state index in [1.54, 1.807) is 48.5 Å². The molecule has 0 atom stereocenters. The first-order valence-corrected chi connectivity index (χ1v) is 9.72. The Labute approximate surface area is 179 Å². The van der Waals surface area contributed by atoms with Crippen LogP contribution in [0.1, 0.15) is 15.9 Å². The van der Waals surface area contributed by atoms with Crippen molar-refractivity contribution in [3.05, 3.63) is 108 Å². The van der Waals surface area contributed by atoms with Gasteiger partial charge in [-0.2, -0.15) is 0 Å². The molecule has 0 heterocycles. The number of fused-ring (bicyclic) bond motifs is 1. The highest BCUT2D eigenvalue weighted by Crippen LogP contribution is 2.20. The van der Waals surface area contributed by atoms with Gasteiger partial charge in [0.15, 0.2) is 0 Å². The molecule has 1 amide bonds. The van der Waals surface area contributed by atoms with Gasteiger partial charge in [-0.1, -0.05) is 60.7 Å². The molecule has 0 bridgehead atoms. The van der Waals surface area contributed by atoms with Gasteiger partial charge < -0.3 is 4.84 Å². The van der Waals surface area contributed by atoms with E-state index in [1.165, 1.54) is 0 Å². The molecule has 0 aliphatic rings. The Morgan fingerprint density at radius 2 is 1.48 bits per heavy atom. The maximum absolute atomic E-state index is 12.3. The lowest BCUT2D eigenvalue weighted by atomic mass is 10.0. The fraction of sp³-hybridized carbons (Fsp3) is 0.0400. The molecule has 0 spiro atoms. The molecule has 0 aliphatic heterocycles. The summed E-state index contributed by atoms with van der Waals surface area (Å²) in [6, 6.07) is 29.2. The van der Waals surface area contributed by atoms with Crippen molar-refractivity contribution < 1.29 is 14.4 Å². The summed E-state index contributed by atoms with van der Waals surface area (Å²) in [4.78, 5) is 29.3. The summed E-state index contributed by atoms with van der Waals surface area (Å²) in [6.07, 6.45) is 0.180. The van der Waals surface area contributed by atoms with E-state index in [0.29, 0.717) is 16.9 Å². The van der Waals surface area contributed by atoms with Gasteiger partial charge in [-0.25, -0.2) is 10.3 Å². The van der Waals surface area contributed by atoms with Crippen LogP contribution in [0.25, 0.3) is 10.8 Å². The van der Waals surface area contributed by atoms with Crippen molar-refractivity contribution >= 4 is 34.0 Å². The second kappa shape index (κ2) is 9.45. The Bertz CT molecular complexity index is 1230. The minimum absolute atomic E-state index is 0.180. The maximum atomic E-state index is 12.3. The van der Waals surface area contributed by atoms with Gasteiger partial charge in [-0.3, -0.25) is 4.79 Å². The Morgan fingerprint density at radius 3 is 2.29 bits per heavy atom. The van der Waals surface area contributed by atoms with Crippen molar-refractivity contribution in [2.45, 2.75) is 6.42 Å². The lowest BCUT2D eigenvalue weighted by molar-refractivity contribution is -0.117. The first-order valence-electron chi connectivity index (χ1n) is 9.72. The molecule has 4 aromatic carbocycles. The van der Waals surface area contributed by atoms with E-state index < -0.39 is 5.97 Å². The van der Waals surface area contributed by atoms with E-state index in [0.717, 1.165) is 16.3 Å². The van der Waals surface area contributed by atoms with Crippen molar-refractivity contribution in [3.8, 4) is 0 Å². The smallest absolute Gasteiger partial charge is 0.338 e. The third-order valence-electron chi connectivity index (χ3n) is 4.64. The van der Waals surface area contributed by atoms with Crippen LogP contribution < -0.4 is 5.48 Å². The number of hydrogen-bond donors (Lipinski definition) is 1. The topological polar surface area (TPSA) is 80.1 Å². The monoisotopic (exact) mass is 409 g/mol. The number of nitrogens with one attached hydrogen (secondary N) is 1. The van der Waals surface area contributed by atoms with Crippen molar-refractivity contribution in [2.75, 3.05) is 5.48 Å². The van der Waals surface area contributed by atoms with Crippen molar-refractivity contribution in [1.82, 2.24) is 0 Å². The summed E-state index contributed by atoms with van der Waals surface area (Å²) in [6.45, 7) is 0. The predicted octanol–water partition coefficient (Wildman–Crippen LogP) is 5.88. The molecular formula is C25H19N3O3. The minimum Gasteiger partial charge on any atom is -0.338 e. The van der Waals surface area contributed by atoms with Gasteiger partial charge in [0.05, 0.1) is 23.4 Å². The third kappa shape index (κ3) is 5.19. The van der Waals surface area contributed by atoms with Crippen LogP contribution in [-0.4, -0.2) is 11.9 Å². The Morgan fingerprint density at radius 1 is 0.774 bits per heavy atom. The Hall–Kier alpha value is -4.32. The molecule has 0 saturated carbocycles. The molecule has 4 aromatic rings. The molecule has 31 heavy (non-hydrogen) atoms. The standard InChI is InChI=1S/C25H19N3O3/c29-24(17-20-11-6-10-18-7-4-5-12-23(18)20)27-26-21-13-15-22(16-14-21)28-31-25(30)19-8-2-1-3-9-19/h1-16,28H,17H2. The SMILES string of the molecule is O=C(Cc1cccc2ccccc12)N=Nc1ccc(NOC(=O)c2ccccc2)cc1. The summed E-state index contributed by atoms with van der Waals surface area (Å²) in [5.41, 5.74) is 5.06. The predicted molar refractivity (Wildman–Crippen MR) is 119 cm³/mol. The average Bonchev–Trinajstić information content (AvgIpc) is 2.83. The average molecular weight is 409 g/mol. The molecule has 152 valence electrons. The number of azo groups is 1. The maximum Gasteiger partial charge on any atom is 0.362 e. The number of hydrogen-bond acceptors (Lipinski definition) is 5. The Kier molecular flexibility index (Phi) is 6.09. The summed E-state index contributed by atoms with van der Waals surface area (Å²) in [7, 11) is 0. The van der Waals surface area contributed by atoms with Crippen LogP contribution in [0.3, 0.4) is 0 Å². The van der Waals surface area contributed by atoms with E-state index in [4.69, 9.17) is 4.84 Å². The van der Waals surface area contributed by atoms with E-state index in [1.807, 2.05) is 48.5 Å². The summed E-state index contributed by atoms with van der Waals surface area (Å²) < 4.78 is 0. The normalized spacial score (nSPS) is 10.8. The highest BCUT2D eigenvalue weighted by molar-refractivity contribution is 5.90. The zero-order valence-corrected chi connectivity index (χ0v) is 16.6. The van der Waals surface area contributed by atoms with Crippen LogP contribution in [0.2, 0.25) is 0 Å². The van der Waals surface area contributed by atoms with Gasteiger partial charge in [0.1, 0.15) is 0 Å². The van der Waals surface area contributed by atoms with Gasteiger partial charge in [0, 0.05) is 0 Å². The molecule has 0 saturated heterocycles. The van der Waals surface area contributed by atoms with Crippen molar-refractivity contribution in [3.63, 3.8) is 0 Å². The summed E-state index contributed by atoms with van der Waals surface area (Å²) >= 11 is 0. The van der Waals surface area contributed by atoms with E-state index in [-0.39, 0.29) is 12.3 Å². The van der Waals surface area contributed by atoms with Crippen molar-refractivity contribution in [1.29, 1.82) is 0 Å². The number of amides is 1. The van der Waals surface area contributed by atoms with Crippen LogP contribution >= 0.6 is 0 Å². The van der Waals surface area contributed by atoms with Gasteiger partial charge in [-0.05, 0) is 52.7 Å². The number of benzene rings is 4. The largest absolute Gasteiger partial charge is 0.362 e. The van der Waals surface area contributed by atoms with Gasteiger partial charge >= 0.3 is 5.97 Å². The molecule has 0 fully saturated rings. The molecule has 0 radical (unpaired) electrons. The van der Waals surface area contributed by atoms with Crippen LogP contribution in [0.4, 0.5) is 11.4 Å². The summed E-state index contributed by atoms with van der Waals surface area (Å²) in [5, 5.41) is 9.95. The zero-order valence-electron chi connectivity index (χ0n) is 16.6. The zero-order chi connectivity index (χ0) is 21.5. The Balaban J connectivity index is 1.34. The molecule has 1 N–H and O–H groups in total. The van der Waals surface area contributed by atoms with Crippen LogP contribution in [-0.2, 0) is 16.1 Å². The van der Waals surface area contributed by atoms with Gasteiger partial charge in [0.25, 0.3) is 5.91 Å². The molecule has 0 aliphatic carbocycles. The van der Waals surface area contributed by atoms with Crippen molar-refractivity contribution in [2.24, 2.45) is 10.2 Å². The number of carbonyl (C=O) groups is 2. The van der Waals surface area contributed by atoms with Crippen LogP contribution in [0, 0.1) is 0 Å². The highest BCUT2D eigenvalue weighted by Gasteiger charge is 2.07. The minimum atomic E-state index is -0.483. The number of carbonyl (C=O) groups excluding carboxylic acids is 2. The fourth-order valence-electron chi connectivity index (χ4n) is 3.09. The second-order valence-corrected chi connectivity index (χ2v) is 6.81. The lowest BCUT2D eigenvalue weighted by Crippen LogP contribution is -2.10. The second-order valence-electron chi connectivity index (χ2n) is 6.81. The molecule has 6 nitrogen and oxygen atoms in total. The number of anilines is 1. The molecule has 4 rings (SSSR count). The fourth-order valence-corrected chi connectivity index (χ4v) is 3.09. The molecular weight excluding hydrogens is 390 g/mol.